The molecule has 0 unspecified atom stereocenters. The SMILES string of the molecule is COC(=O)CCCNc1cc(F)c(C)cc1F. The third-order valence-electron chi connectivity index (χ3n) is 2.35. The molecule has 0 heterocycles. The van der Waals surface area contributed by atoms with Crippen LogP contribution in [0.5, 0.6) is 0 Å². The minimum Gasteiger partial charge on any atom is -0.469 e. The van der Waals surface area contributed by atoms with Gasteiger partial charge in [-0.2, -0.15) is 0 Å². The minimum atomic E-state index is -0.498. The van der Waals surface area contributed by atoms with E-state index in [1.54, 1.807) is 0 Å². The molecule has 1 rings (SSSR count). The average Bonchev–Trinajstić information content (AvgIpc) is 2.30. The quantitative estimate of drug-likeness (QED) is 0.638. The number of benzene rings is 1. The number of hydrogen-bond donors (Lipinski definition) is 1. The lowest BCUT2D eigenvalue weighted by Gasteiger charge is -2.08. The van der Waals surface area contributed by atoms with Crippen LogP contribution < -0.4 is 5.32 Å². The highest BCUT2D eigenvalue weighted by molar-refractivity contribution is 5.69. The van der Waals surface area contributed by atoms with Gasteiger partial charge in [-0.3, -0.25) is 4.79 Å². The molecule has 0 aliphatic heterocycles. The largest absolute Gasteiger partial charge is 0.469 e. The third-order valence-corrected chi connectivity index (χ3v) is 2.35. The van der Waals surface area contributed by atoms with Gasteiger partial charge in [0.2, 0.25) is 0 Å². The van der Waals surface area contributed by atoms with Crippen molar-refractivity contribution in [2.45, 2.75) is 19.8 Å². The van der Waals surface area contributed by atoms with Gasteiger partial charge < -0.3 is 10.1 Å². The molecule has 0 aromatic heterocycles. The van der Waals surface area contributed by atoms with Crippen LogP contribution in [0, 0.1) is 18.6 Å². The molecule has 0 saturated carbocycles. The van der Waals surface area contributed by atoms with Crippen LogP contribution in [0.4, 0.5) is 14.5 Å². The van der Waals surface area contributed by atoms with E-state index in [0.717, 1.165) is 12.1 Å². The predicted molar refractivity (Wildman–Crippen MR) is 60.8 cm³/mol. The van der Waals surface area contributed by atoms with Crippen molar-refractivity contribution in [1.29, 1.82) is 0 Å². The van der Waals surface area contributed by atoms with Crippen LogP contribution >= 0.6 is 0 Å². The molecule has 0 aliphatic carbocycles. The molecule has 17 heavy (non-hydrogen) atoms. The summed E-state index contributed by atoms with van der Waals surface area (Å²) in [6.45, 7) is 1.88. The Hall–Kier alpha value is -1.65. The standard InChI is InChI=1S/C12H15F2NO2/c1-8-6-10(14)11(7-9(8)13)15-5-3-4-12(16)17-2/h6-7,15H,3-5H2,1-2H3. The lowest BCUT2D eigenvalue weighted by molar-refractivity contribution is -0.140. The van der Waals surface area contributed by atoms with Crippen molar-refractivity contribution in [3.8, 4) is 0 Å². The topological polar surface area (TPSA) is 38.3 Å². The molecule has 0 bridgehead atoms. The summed E-state index contributed by atoms with van der Waals surface area (Å²) in [6.07, 6.45) is 0.751. The Bertz CT molecular complexity index is 408. The number of methoxy groups -OCH3 is 1. The summed E-state index contributed by atoms with van der Waals surface area (Å²) in [5.74, 6) is -1.27. The highest BCUT2D eigenvalue weighted by Crippen LogP contribution is 2.18. The van der Waals surface area contributed by atoms with Crippen molar-refractivity contribution in [2.75, 3.05) is 19.0 Å². The smallest absolute Gasteiger partial charge is 0.305 e. The van der Waals surface area contributed by atoms with Crippen LogP contribution in [0.25, 0.3) is 0 Å². The van der Waals surface area contributed by atoms with Crippen molar-refractivity contribution in [3.05, 3.63) is 29.3 Å². The van der Waals surface area contributed by atoms with E-state index in [9.17, 15) is 13.6 Å². The molecule has 3 nitrogen and oxygen atoms in total. The number of ether oxygens (including phenoxy) is 1. The molecule has 1 N–H and O–H groups in total. The van der Waals surface area contributed by atoms with Crippen LogP contribution in [0.3, 0.4) is 0 Å². The number of nitrogens with one attached hydrogen (secondary N) is 1. The number of aryl methyl sites for hydroxylation is 1. The first kappa shape index (κ1) is 13.4. The summed E-state index contributed by atoms with van der Waals surface area (Å²) in [4.78, 5) is 10.8. The molecule has 0 radical (unpaired) electrons. The molecule has 0 saturated heterocycles. The zero-order chi connectivity index (χ0) is 12.8. The van der Waals surface area contributed by atoms with Crippen molar-refractivity contribution < 1.29 is 18.3 Å². The predicted octanol–water partition coefficient (Wildman–Crippen LogP) is 2.64. The summed E-state index contributed by atoms with van der Waals surface area (Å²) < 4.78 is 31.0. The second kappa shape index (κ2) is 6.18. The molecule has 0 spiro atoms. The number of halogens is 2. The fraction of sp³-hybridized carbons (Fsp3) is 0.417. The molecule has 0 amide bonds. The summed E-state index contributed by atoms with van der Waals surface area (Å²) in [5, 5.41) is 2.74. The van der Waals surface area contributed by atoms with Crippen molar-refractivity contribution in [3.63, 3.8) is 0 Å². The van der Waals surface area contributed by atoms with Crippen LogP contribution in [0.2, 0.25) is 0 Å². The fourth-order valence-corrected chi connectivity index (χ4v) is 1.34. The van der Waals surface area contributed by atoms with E-state index in [1.807, 2.05) is 0 Å². The van der Waals surface area contributed by atoms with E-state index in [4.69, 9.17) is 0 Å². The monoisotopic (exact) mass is 243 g/mol. The number of carbonyl (C=O) groups excluding carboxylic acids is 1. The molecule has 0 atom stereocenters. The summed E-state index contributed by atoms with van der Waals surface area (Å²) in [6, 6.07) is 2.25. The number of esters is 1. The molecule has 94 valence electrons. The van der Waals surface area contributed by atoms with Crippen molar-refractivity contribution >= 4 is 11.7 Å². The van der Waals surface area contributed by atoms with Gasteiger partial charge in [0, 0.05) is 19.0 Å². The molecular formula is C12H15F2NO2. The molecule has 0 aliphatic rings. The molecule has 0 fully saturated rings. The van der Waals surface area contributed by atoms with Crippen molar-refractivity contribution in [1.82, 2.24) is 0 Å². The molecular weight excluding hydrogens is 228 g/mol. The second-order valence-electron chi connectivity index (χ2n) is 3.69. The Kier molecular flexibility index (Phi) is 4.87. The van der Waals surface area contributed by atoms with Gasteiger partial charge in [0.05, 0.1) is 12.8 Å². The zero-order valence-electron chi connectivity index (χ0n) is 9.85. The average molecular weight is 243 g/mol. The first-order chi connectivity index (χ1) is 8.04. The summed E-state index contributed by atoms with van der Waals surface area (Å²) >= 11 is 0. The number of carbonyl (C=O) groups is 1. The maximum Gasteiger partial charge on any atom is 0.305 e. The number of hydrogen-bond acceptors (Lipinski definition) is 3. The van der Waals surface area contributed by atoms with Crippen LogP contribution in [0.15, 0.2) is 12.1 Å². The van der Waals surface area contributed by atoms with E-state index in [-0.39, 0.29) is 23.6 Å². The van der Waals surface area contributed by atoms with Gasteiger partial charge in [0.1, 0.15) is 11.6 Å². The maximum atomic E-state index is 13.4. The highest BCUT2D eigenvalue weighted by atomic mass is 19.1. The Morgan fingerprint density at radius 1 is 1.35 bits per heavy atom. The molecule has 1 aromatic rings. The Morgan fingerprint density at radius 2 is 2.06 bits per heavy atom. The first-order valence-electron chi connectivity index (χ1n) is 5.31. The zero-order valence-corrected chi connectivity index (χ0v) is 9.85. The van der Waals surface area contributed by atoms with E-state index >= 15 is 0 Å². The maximum absolute atomic E-state index is 13.4. The van der Waals surface area contributed by atoms with Gasteiger partial charge in [0.25, 0.3) is 0 Å². The Labute approximate surface area is 98.8 Å². The van der Waals surface area contributed by atoms with E-state index in [0.29, 0.717) is 13.0 Å². The van der Waals surface area contributed by atoms with Gasteiger partial charge >= 0.3 is 5.97 Å². The van der Waals surface area contributed by atoms with Crippen molar-refractivity contribution in [2.24, 2.45) is 0 Å². The van der Waals surface area contributed by atoms with Gasteiger partial charge in [-0.05, 0) is 25.0 Å². The Balaban J connectivity index is 2.47. The fourth-order valence-electron chi connectivity index (χ4n) is 1.34. The highest BCUT2D eigenvalue weighted by Gasteiger charge is 2.07. The summed E-state index contributed by atoms with van der Waals surface area (Å²) in [7, 11) is 1.31. The van der Waals surface area contributed by atoms with Gasteiger partial charge in [-0.25, -0.2) is 8.78 Å². The van der Waals surface area contributed by atoms with E-state index in [1.165, 1.54) is 14.0 Å². The lowest BCUT2D eigenvalue weighted by Crippen LogP contribution is -2.08. The lowest BCUT2D eigenvalue weighted by atomic mass is 10.2. The van der Waals surface area contributed by atoms with Crippen LogP contribution in [-0.4, -0.2) is 19.6 Å². The number of rotatable bonds is 5. The van der Waals surface area contributed by atoms with Gasteiger partial charge in [-0.15, -0.1) is 0 Å². The first-order valence-corrected chi connectivity index (χ1v) is 5.31. The van der Waals surface area contributed by atoms with Crippen LogP contribution in [-0.2, 0) is 9.53 Å². The molecule has 1 aromatic carbocycles. The third kappa shape index (κ3) is 4.01. The van der Waals surface area contributed by atoms with Crippen LogP contribution in [0.1, 0.15) is 18.4 Å². The van der Waals surface area contributed by atoms with Gasteiger partial charge in [0.15, 0.2) is 0 Å². The Morgan fingerprint density at radius 3 is 2.71 bits per heavy atom. The number of anilines is 1. The van der Waals surface area contributed by atoms with E-state index < -0.39 is 11.6 Å². The second-order valence-corrected chi connectivity index (χ2v) is 3.69. The minimum absolute atomic E-state index is 0.109. The normalized spacial score (nSPS) is 10.1. The van der Waals surface area contributed by atoms with E-state index in [2.05, 4.69) is 10.1 Å². The van der Waals surface area contributed by atoms with Gasteiger partial charge in [-0.1, -0.05) is 0 Å². The summed E-state index contributed by atoms with van der Waals surface area (Å²) in [5.41, 5.74) is 0.376. The molecule has 5 heteroatoms.